The maximum absolute atomic E-state index is 14.0. The number of carbonyl (C=O) groups is 1. The Morgan fingerprint density at radius 2 is 1.31 bits per heavy atom. The van der Waals surface area contributed by atoms with Crippen LogP contribution in [0.4, 0.5) is 39.5 Å². The first kappa shape index (κ1) is 22.8. The summed E-state index contributed by atoms with van der Waals surface area (Å²) < 4.78 is 149. The summed E-state index contributed by atoms with van der Waals surface area (Å²) in [6, 6.07) is 0. The molecule has 0 amide bonds. The van der Waals surface area contributed by atoms with Gasteiger partial charge in [0.25, 0.3) is 0 Å². The van der Waals surface area contributed by atoms with Gasteiger partial charge in [-0.1, -0.05) is 0 Å². The molecule has 15 heteroatoms. The SMILES string of the molecule is O=C(OC1CCC(C(F)(F)F)CC1)C(F)(C(F)(F)C(F)(F)F)S(=O)(=O)O. The molecule has 1 rings (SSSR count). The third-order valence-corrected chi connectivity index (χ3v) is 4.92. The third-order valence-electron chi connectivity index (χ3n) is 3.79. The summed E-state index contributed by atoms with van der Waals surface area (Å²) in [4.78, 5) is 11.4. The second-order valence-corrected chi connectivity index (χ2v) is 7.08. The molecule has 0 aromatic heterocycles. The predicted octanol–water partition coefficient (Wildman–Crippen LogP) is 3.40. The number of alkyl halides is 9. The van der Waals surface area contributed by atoms with Gasteiger partial charge in [-0.25, -0.2) is 9.18 Å². The van der Waals surface area contributed by atoms with Gasteiger partial charge in [0.05, 0.1) is 5.92 Å². The van der Waals surface area contributed by atoms with Crippen molar-refractivity contribution in [1.29, 1.82) is 0 Å². The lowest BCUT2D eigenvalue weighted by Crippen LogP contribution is -2.63. The van der Waals surface area contributed by atoms with E-state index in [1.54, 1.807) is 0 Å². The molecule has 0 radical (unpaired) electrons. The maximum atomic E-state index is 14.0. The van der Waals surface area contributed by atoms with Gasteiger partial charge in [0, 0.05) is 0 Å². The molecule has 1 aliphatic carbocycles. The van der Waals surface area contributed by atoms with Gasteiger partial charge in [-0.2, -0.15) is 43.5 Å². The first-order valence-electron chi connectivity index (χ1n) is 6.74. The van der Waals surface area contributed by atoms with E-state index in [2.05, 4.69) is 4.74 Å². The molecule has 0 aromatic rings. The van der Waals surface area contributed by atoms with Crippen molar-refractivity contribution in [3.8, 4) is 0 Å². The minimum absolute atomic E-state index is 0.685. The topological polar surface area (TPSA) is 80.7 Å². The maximum Gasteiger partial charge on any atom is 0.458 e. The lowest BCUT2D eigenvalue weighted by atomic mass is 9.87. The number of carbonyl (C=O) groups excluding carboxylic acids is 1. The van der Waals surface area contributed by atoms with Crippen LogP contribution in [0.2, 0.25) is 0 Å². The van der Waals surface area contributed by atoms with Crippen LogP contribution in [0.25, 0.3) is 0 Å². The highest BCUT2D eigenvalue weighted by Gasteiger charge is 2.82. The van der Waals surface area contributed by atoms with Crippen LogP contribution in [-0.2, 0) is 19.6 Å². The van der Waals surface area contributed by atoms with Crippen LogP contribution < -0.4 is 0 Å². The molecule has 0 heterocycles. The van der Waals surface area contributed by atoms with Crippen LogP contribution in [0.3, 0.4) is 0 Å². The number of halogens is 9. The van der Waals surface area contributed by atoms with E-state index >= 15 is 0 Å². The molecule has 1 aliphatic rings. The Hall–Kier alpha value is -1.25. The molecule has 1 unspecified atom stereocenters. The van der Waals surface area contributed by atoms with Crippen molar-refractivity contribution in [2.24, 2.45) is 5.92 Å². The largest absolute Gasteiger partial charge is 0.459 e. The highest BCUT2D eigenvalue weighted by Crippen LogP contribution is 2.49. The first-order chi connectivity index (χ1) is 11.4. The molecular weight excluding hydrogens is 415 g/mol. The van der Waals surface area contributed by atoms with E-state index in [1.807, 2.05) is 0 Å². The summed E-state index contributed by atoms with van der Waals surface area (Å²) >= 11 is 0. The van der Waals surface area contributed by atoms with Crippen molar-refractivity contribution in [3.63, 3.8) is 0 Å². The monoisotopic (exact) mass is 426 g/mol. The fraction of sp³-hybridized carbons (Fsp3) is 0.909. The second-order valence-electron chi connectivity index (χ2n) is 5.56. The molecule has 0 spiro atoms. The summed E-state index contributed by atoms with van der Waals surface area (Å²) in [6.45, 7) is 0. The third kappa shape index (κ3) is 4.02. The molecule has 0 aromatic carbocycles. The van der Waals surface area contributed by atoms with Crippen LogP contribution in [0.1, 0.15) is 25.7 Å². The lowest BCUT2D eigenvalue weighted by Gasteiger charge is -2.33. The van der Waals surface area contributed by atoms with Crippen molar-refractivity contribution in [3.05, 3.63) is 0 Å². The number of esters is 1. The van der Waals surface area contributed by atoms with Gasteiger partial charge in [-0.3, -0.25) is 4.55 Å². The van der Waals surface area contributed by atoms with E-state index < -0.39 is 77.1 Å². The van der Waals surface area contributed by atoms with Crippen LogP contribution in [0.5, 0.6) is 0 Å². The Balaban J connectivity index is 3.05. The second kappa shape index (κ2) is 6.73. The minimum Gasteiger partial charge on any atom is -0.459 e. The number of hydrogen-bond acceptors (Lipinski definition) is 4. The molecule has 0 bridgehead atoms. The molecule has 1 atom stereocenters. The van der Waals surface area contributed by atoms with Gasteiger partial charge >= 0.3 is 39.4 Å². The van der Waals surface area contributed by atoms with E-state index in [4.69, 9.17) is 4.55 Å². The van der Waals surface area contributed by atoms with Crippen LogP contribution >= 0.6 is 0 Å². The van der Waals surface area contributed by atoms with Gasteiger partial charge < -0.3 is 4.74 Å². The van der Waals surface area contributed by atoms with E-state index in [1.165, 1.54) is 0 Å². The number of hydrogen-bond donors (Lipinski definition) is 1. The van der Waals surface area contributed by atoms with Gasteiger partial charge in [-0.05, 0) is 25.7 Å². The molecule has 5 nitrogen and oxygen atoms in total. The lowest BCUT2D eigenvalue weighted by molar-refractivity contribution is -0.311. The smallest absolute Gasteiger partial charge is 0.458 e. The predicted molar refractivity (Wildman–Crippen MR) is 64.3 cm³/mol. The average molecular weight is 426 g/mol. The zero-order chi connectivity index (χ0) is 20.8. The highest BCUT2D eigenvalue weighted by atomic mass is 32.2. The molecule has 0 saturated heterocycles. The number of rotatable bonds is 4. The fourth-order valence-electron chi connectivity index (χ4n) is 2.31. The minimum atomic E-state index is -6.98. The summed E-state index contributed by atoms with van der Waals surface area (Å²) in [5, 5.41) is -6.21. The van der Waals surface area contributed by atoms with Crippen molar-refractivity contribution < 1.29 is 62.0 Å². The summed E-state index contributed by atoms with van der Waals surface area (Å²) in [7, 11) is -6.98. The van der Waals surface area contributed by atoms with Crippen LogP contribution in [0.15, 0.2) is 0 Å². The quantitative estimate of drug-likeness (QED) is 0.424. The Morgan fingerprint density at radius 3 is 1.62 bits per heavy atom. The van der Waals surface area contributed by atoms with Crippen molar-refractivity contribution in [1.82, 2.24) is 0 Å². The van der Waals surface area contributed by atoms with Crippen LogP contribution in [-0.4, -0.2) is 48.3 Å². The first-order valence-corrected chi connectivity index (χ1v) is 8.18. The molecular formula is C11H11F9O5S. The molecule has 1 fully saturated rings. The van der Waals surface area contributed by atoms with Crippen molar-refractivity contribution in [2.45, 2.75) is 55.1 Å². The van der Waals surface area contributed by atoms with Crippen LogP contribution in [0, 0.1) is 5.92 Å². The Kier molecular flexibility index (Phi) is 5.90. The Bertz CT molecular complexity index is 633. The zero-order valence-corrected chi connectivity index (χ0v) is 13.2. The fourth-order valence-corrected chi connectivity index (χ4v) is 3.01. The zero-order valence-electron chi connectivity index (χ0n) is 12.4. The van der Waals surface area contributed by atoms with Gasteiger partial charge in [0.15, 0.2) is 0 Å². The van der Waals surface area contributed by atoms with E-state index in [-0.39, 0.29) is 0 Å². The van der Waals surface area contributed by atoms with Gasteiger partial charge in [-0.15, -0.1) is 0 Å². The summed E-state index contributed by atoms with van der Waals surface area (Å²) in [6.07, 6.45) is -16.0. The van der Waals surface area contributed by atoms with E-state index in [0.717, 1.165) is 0 Å². The van der Waals surface area contributed by atoms with Gasteiger partial charge in [0.1, 0.15) is 6.10 Å². The molecule has 0 aliphatic heterocycles. The molecule has 1 saturated carbocycles. The van der Waals surface area contributed by atoms with E-state index in [0.29, 0.717) is 0 Å². The molecule has 154 valence electrons. The standard InChI is InChI=1S/C11H11F9O5S/c12-8(26(22,23)24,10(16,17)11(18,19)20)7(21)25-6-3-1-5(2-4-6)9(13,14)15/h5-6H,1-4H2,(H,22,23,24). The summed E-state index contributed by atoms with van der Waals surface area (Å²) in [5.41, 5.74) is 0. The van der Waals surface area contributed by atoms with E-state index in [9.17, 15) is 52.7 Å². The molecule has 26 heavy (non-hydrogen) atoms. The summed E-state index contributed by atoms with van der Waals surface area (Å²) in [5.74, 6) is -12.0. The highest BCUT2D eigenvalue weighted by molar-refractivity contribution is 7.88. The molecule has 1 N–H and O–H groups in total. The van der Waals surface area contributed by atoms with Crippen molar-refractivity contribution in [2.75, 3.05) is 0 Å². The Morgan fingerprint density at radius 1 is 0.885 bits per heavy atom. The normalized spacial score (nSPS) is 25.5. The number of ether oxygens (including phenoxy) is 1. The van der Waals surface area contributed by atoms with Gasteiger partial charge in [0.2, 0.25) is 0 Å². The van der Waals surface area contributed by atoms with Crippen molar-refractivity contribution >= 4 is 16.1 Å². The Labute approximate surface area is 140 Å². The average Bonchev–Trinajstić information content (AvgIpc) is 2.43.